The molecule has 3 aromatic rings. The molecule has 2 N–H and O–H groups in total. The van der Waals surface area contributed by atoms with Gasteiger partial charge in [0.15, 0.2) is 0 Å². The van der Waals surface area contributed by atoms with Gasteiger partial charge in [-0.05, 0) is 53.9 Å². The fraction of sp³-hybridized carbons (Fsp3) is 0.286. The van der Waals surface area contributed by atoms with Crippen molar-refractivity contribution in [3.63, 3.8) is 0 Å². The number of hydrogen-bond donors (Lipinski definition) is 2. The maximum atomic E-state index is 14.1. The Hall–Kier alpha value is -3.20. The van der Waals surface area contributed by atoms with Gasteiger partial charge in [-0.25, -0.2) is 8.78 Å². The zero-order chi connectivity index (χ0) is 27.1. The fourth-order valence-corrected chi connectivity index (χ4v) is 4.95. The number of amides is 2. The van der Waals surface area contributed by atoms with Crippen LogP contribution in [0.1, 0.15) is 23.6 Å². The van der Waals surface area contributed by atoms with Crippen LogP contribution in [0.25, 0.3) is 0 Å². The SMILES string of the molecule is O=CNCC(=O)NCCCN(c1cc(F)cc(F)c1)C1CN(C(c2ccc(Cl)cc2)c2ccc(Cl)cc2)C1. The third-order valence-corrected chi connectivity index (χ3v) is 6.99. The van der Waals surface area contributed by atoms with Gasteiger partial charge in [-0.1, -0.05) is 47.5 Å². The number of anilines is 1. The molecule has 0 atom stereocenters. The van der Waals surface area contributed by atoms with Crippen molar-refractivity contribution in [3.05, 3.63) is 99.5 Å². The minimum Gasteiger partial charge on any atom is -0.366 e. The van der Waals surface area contributed by atoms with E-state index in [-0.39, 0.29) is 24.5 Å². The number of halogens is 4. The van der Waals surface area contributed by atoms with E-state index in [4.69, 9.17) is 23.2 Å². The Morgan fingerprint density at radius 2 is 1.53 bits per heavy atom. The van der Waals surface area contributed by atoms with Gasteiger partial charge in [0.2, 0.25) is 12.3 Å². The monoisotopic (exact) mass is 560 g/mol. The molecule has 0 aliphatic carbocycles. The number of carbonyl (C=O) groups excluding carboxylic acids is 2. The summed E-state index contributed by atoms with van der Waals surface area (Å²) >= 11 is 12.3. The first kappa shape index (κ1) is 27.8. The second-order valence-electron chi connectivity index (χ2n) is 9.14. The summed E-state index contributed by atoms with van der Waals surface area (Å²) in [7, 11) is 0. The van der Waals surface area contributed by atoms with Crippen LogP contribution in [0, 0.1) is 11.6 Å². The van der Waals surface area contributed by atoms with Gasteiger partial charge in [0.05, 0.1) is 18.6 Å². The van der Waals surface area contributed by atoms with Gasteiger partial charge in [-0.2, -0.15) is 0 Å². The molecule has 3 aromatic carbocycles. The van der Waals surface area contributed by atoms with Crippen LogP contribution in [0.4, 0.5) is 14.5 Å². The third kappa shape index (κ3) is 7.22. The summed E-state index contributed by atoms with van der Waals surface area (Å²) in [4.78, 5) is 26.4. The molecular weight excluding hydrogens is 533 g/mol. The molecule has 0 saturated carbocycles. The van der Waals surface area contributed by atoms with Crippen molar-refractivity contribution in [2.75, 3.05) is 37.6 Å². The lowest BCUT2D eigenvalue weighted by Gasteiger charge is -2.50. The highest BCUT2D eigenvalue weighted by molar-refractivity contribution is 6.30. The first-order valence-electron chi connectivity index (χ1n) is 12.3. The van der Waals surface area contributed by atoms with E-state index in [0.717, 1.165) is 17.2 Å². The maximum Gasteiger partial charge on any atom is 0.239 e. The van der Waals surface area contributed by atoms with Crippen LogP contribution in [0.3, 0.4) is 0 Å². The summed E-state index contributed by atoms with van der Waals surface area (Å²) in [5, 5.41) is 6.35. The summed E-state index contributed by atoms with van der Waals surface area (Å²) in [5.41, 5.74) is 2.60. The summed E-state index contributed by atoms with van der Waals surface area (Å²) < 4.78 is 28.2. The zero-order valence-corrected chi connectivity index (χ0v) is 22.1. The molecule has 2 amide bonds. The minimum atomic E-state index is -0.644. The van der Waals surface area contributed by atoms with Crippen LogP contribution in [0.5, 0.6) is 0 Å². The Bertz CT molecular complexity index is 1170. The average molecular weight is 561 g/mol. The molecular formula is C28H28Cl2F2N4O2. The van der Waals surface area contributed by atoms with Crippen LogP contribution in [-0.4, -0.2) is 56.0 Å². The summed E-state index contributed by atoms with van der Waals surface area (Å²) in [6.07, 6.45) is 1.02. The van der Waals surface area contributed by atoms with Crippen LogP contribution < -0.4 is 15.5 Å². The molecule has 1 aliphatic rings. The van der Waals surface area contributed by atoms with Crippen molar-refractivity contribution in [3.8, 4) is 0 Å². The number of nitrogens with one attached hydrogen (secondary N) is 2. The predicted molar refractivity (Wildman–Crippen MR) is 146 cm³/mol. The average Bonchev–Trinajstić information content (AvgIpc) is 2.86. The van der Waals surface area contributed by atoms with E-state index in [1.54, 1.807) is 0 Å². The normalized spacial score (nSPS) is 13.7. The fourth-order valence-electron chi connectivity index (χ4n) is 4.70. The number of hydrogen-bond acceptors (Lipinski definition) is 4. The predicted octanol–water partition coefficient (Wildman–Crippen LogP) is 4.80. The smallest absolute Gasteiger partial charge is 0.239 e. The molecule has 0 radical (unpaired) electrons. The highest BCUT2D eigenvalue weighted by atomic mass is 35.5. The molecule has 4 rings (SSSR count). The molecule has 10 heteroatoms. The van der Waals surface area contributed by atoms with Crippen LogP contribution in [0.15, 0.2) is 66.7 Å². The van der Waals surface area contributed by atoms with E-state index in [0.29, 0.717) is 54.7 Å². The van der Waals surface area contributed by atoms with E-state index in [2.05, 4.69) is 15.5 Å². The van der Waals surface area contributed by atoms with Gasteiger partial charge >= 0.3 is 0 Å². The molecule has 1 saturated heterocycles. The second kappa shape index (κ2) is 13.0. The highest BCUT2D eigenvalue weighted by Gasteiger charge is 2.37. The lowest BCUT2D eigenvalue weighted by molar-refractivity contribution is -0.122. The van der Waals surface area contributed by atoms with E-state index in [9.17, 15) is 18.4 Å². The Morgan fingerprint density at radius 3 is 2.05 bits per heavy atom. The molecule has 200 valence electrons. The molecule has 1 heterocycles. The molecule has 0 bridgehead atoms. The first-order chi connectivity index (χ1) is 18.3. The Labute approximate surface area is 230 Å². The third-order valence-electron chi connectivity index (χ3n) is 6.49. The van der Waals surface area contributed by atoms with Crippen LogP contribution in [0.2, 0.25) is 10.0 Å². The van der Waals surface area contributed by atoms with Crippen molar-refractivity contribution >= 4 is 41.2 Å². The van der Waals surface area contributed by atoms with Crippen molar-refractivity contribution in [2.24, 2.45) is 0 Å². The Balaban J connectivity index is 1.49. The van der Waals surface area contributed by atoms with Crippen LogP contribution >= 0.6 is 23.2 Å². The first-order valence-corrected chi connectivity index (χ1v) is 13.0. The summed E-state index contributed by atoms with van der Waals surface area (Å²) in [5.74, 6) is -1.59. The van der Waals surface area contributed by atoms with Gasteiger partial charge in [0.1, 0.15) is 11.6 Å². The maximum absolute atomic E-state index is 14.1. The topological polar surface area (TPSA) is 64.7 Å². The number of carbonyl (C=O) groups is 2. The molecule has 1 fully saturated rings. The molecule has 1 aliphatic heterocycles. The molecule has 0 spiro atoms. The largest absolute Gasteiger partial charge is 0.366 e. The number of rotatable bonds is 12. The number of nitrogens with zero attached hydrogens (tertiary/aromatic N) is 2. The van der Waals surface area contributed by atoms with Gasteiger partial charge in [-0.3, -0.25) is 14.5 Å². The van der Waals surface area contributed by atoms with E-state index >= 15 is 0 Å². The van der Waals surface area contributed by atoms with E-state index < -0.39 is 11.6 Å². The Morgan fingerprint density at radius 1 is 0.974 bits per heavy atom. The second-order valence-corrected chi connectivity index (χ2v) is 10.0. The highest BCUT2D eigenvalue weighted by Crippen LogP contribution is 2.36. The minimum absolute atomic E-state index is 0.00531. The quantitative estimate of drug-likeness (QED) is 0.246. The van der Waals surface area contributed by atoms with E-state index in [1.807, 2.05) is 53.4 Å². The van der Waals surface area contributed by atoms with Gasteiger partial charge in [-0.15, -0.1) is 0 Å². The van der Waals surface area contributed by atoms with E-state index in [1.165, 1.54) is 12.1 Å². The summed E-state index contributed by atoms with van der Waals surface area (Å²) in [6, 6.07) is 18.9. The van der Waals surface area contributed by atoms with Crippen molar-refractivity contribution in [1.29, 1.82) is 0 Å². The number of likely N-dealkylation sites (tertiary alicyclic amines) is 1. The lowest BCUT2D eigenvalue weighted by atomic mass is 9.92. The Kier molecular flexibility index (Phi) is 9.55. The molecule has 0 unspecified atom stereocenters. The number of benzene rings is 3. The molecule has 38 heavy (non-hydrogen) atoms. The van der Waals surface area contributed by atoms with Crippen LogP contribution in [-0.2, 0) is 9.59 Å². The zero-order valence-electron chi connectivity index (χ0n) is 20.5. The standard InChI is InChI=1S/C28H28Cl2F2N4O2/c29-21-6-2-19(3-7-21)28(20-4-8-22(30)9-5-20)35-16-26(17-35)36(25-13-23(31)12-24(32)14-25)11-1-10-34-27(38)15-33-18-37/h2-9,12-14,18,26,28H,1,10-11,15-17H2,(H,33,37)(H,34,38). The molecule has 6 nitrogen and oxygen atoms in total. The van der Waals surface area contributed by atoms with Crippen molar-refractivity contribution in [2.45, 2.75) is 18.5 Å². The molecule has 0 aromatic heterocycles. The van der Waals surface area contributed by atoms with Crippen molar-refractivity contribution < 1.29 is 18.4 Å². The summed E-state index contributed by atoms with van der Waals surface area (Å²) in [6.45, 7) is 2.06. The van der Waals surface area contributed by atoms with Crippen molar-refractivity contribution in [1.82, 2.24) is 15.5 Å². The van der Waals surface area contributed by atoms with Gasteiger partial charge < -0.3 is 15.5 Å². The van der Waals surface area contributed by atoms with Gasteiger partial charge in [0.25, 0.3) is 0 Å². The lowest BCUT2D eigenvalue weighted by Crippen LogP contribution is -2.60. The van der Waals surface area contributed by atoms with Gasteiger partial charge in [0, 0.05) is 48.0 Å².